The SMILES string of the molecule is C=C(SC(=S)n1cccn1)C(=O)O. The fourth-order valence-electron chi connectivity index (χ4n) is 0.573. The summed E-state index contributed by atoms with van der Waals surface area (Å²) in [5.74, 6) is -1.07. The van der Waals surface area contributed by atoms with Crippen LogP contribution in [0, 0.1) is 0 Å². The van der Waals surface area contributed by atoms with Gasteiger partial charge in [-0.3, -0.25) is 0 Å². The number of carboxylic acids is 1. The summed E-state index contributed by atoms with van der Waals surface area (Å²) < 4.78 is 1.76. The molecular formula is C7H6N2O2S2. The van der Waals surface area contributed by atoms with Gasteiger partial charge in [-0.2, -0.15) is 5.10 Å². The number of hydrogen-bond donors (Lipinski definition) is 1. The highest BCUT2D eigenvalue weighted by molar-refractivity contribution is 8.26. The van der Waals surface area contributed by atoms with E-state index in [-0.39, 0.29) is 4.91 Å². The summed E-state index contributed by atoms with van der Waals surface area (Å²) in [5, 5.41) is 12.4. The number of carbonyl (C=O) groups is 1. The van der Waals surface area contributed by atoms with Crippen molar-refractivity contribution in [3.05, 3.63) is 29.9 Å². The van der Waals surface area contributed by atoms with Crippen LogP contribution in [-0.4, -0.2) is 25.2 Å². The molecule has 0 aliphatic rings. The van der Waals surface area contributed by atoms with Crippen LogP contribution in [-0.2, 0) is 4.79 Å². The molecule has 0 aliphatic heterocycles. The lowest BCUT2D eigenvalue weighted by atomic mass is 10.7. The Morgan fingerprint density at radius 3 is 2.85 bits per heavy atom. The molecule has 1 aromatic rings. The van der Waals surface area contributed by atoms with E-state index in [1.54, 1.807) is 18.5 Å². The van der Waals surface area contributed by atoms with Crippen LogP contribution in [0.5, 0.6) is 0 Å². The van der Waals surface area contributed by atoms with E-state index >= 15 is 0 Å². The van der Waals surface area contributed by atoms with Crippen molar-refractivity contribution in [3.63, 3.8) is 0 Å². The molecule has 0 amide bonds. The summed E-state index contributed by atoms with van der Waals surface area (Å²) in [6.07, 6.45) is 3.21. The first-order chi connectivity index (χ1) is 6.11. The highest BCUT2D eigenvalue weighted by atomic mass is 32.2. The minimum absolute atomic E-state index is 0.0134. The van der Waals surface area contributed by atoms with E-state index in [1.165, 1.54) is 4.68 Å². The normalized spacial score (nSPS) is 9.54. The maximum absolute atomic E-state index is 10.4. The van der Waals surface area contributed by atoms with Crippen LogP contribution in [0.4, 0.5) is 0 Å². The van der Waals surface area contributed by atoms with Crippen LogP contribution in [0.2, 0.25) is 0 Å². The van der Waals surface area contributed by atoms with E-state index in [2.05, 4.69) is 11.7 Å². The van der Waals surface area contributed by atoms with Gasteiger partial charge < -0.3 is 5.11 Å². The van der Waals surface area contributed by atoms with Gasteiger partial charge in [-0.15, -0.1) is 0 Å². The molecule has 0 radical (unpaired) electrons. The zero-order chi connectivity index (χ0) is 9.84. The van der Waals surface area contributed by atoms with Gasteiger partial charge >= 0.3 is 5.97 Å². The van der Waals surface area contributed by atoms with Gasteiger partial charge in [0.05, 0.1) is 4.91 Å². The van der Waals surface area contributed by atoms with Crippen LogP contribution in [0.15, 0.2) is 29.9 Å². The molecule has 4 nitrogen and oxygen atoms in total. The number of nitrogens with zero attached hydrogens (tertiary/aromatic N) is 2. The number of aliphatic carboxylic acids is 1. The molecule has 1 N–H and O–H groups in total. The van der Waals surface area contributed by atoms with Crippen LogP contribution < -0.4 is 0 Å². The second-order valence-corrected chi connectivity index (χ2v) is 3.78. The van der Waals surface area contributed by atoms with Crippen LogP contribution in [0.1, 0.15) is 0 Å². The third kappa shape index (κ3) is 2.67. The molecule has 0 saturated heterocycles. The molecule has 0 spiro atoms. The lowest BCUT2D eigenvalue weighted by Crippen LogP contribution is -2.07. The Kier molecular flexibility index (Phi) is 3.21. The quantitative estimate of drug-likeness (QED) is 0.595. The molecule has 0 aromatic carbocycles. The molecule has 68 valence electrons. The number of thiocarbonyl (C=S) groups is 1. The Morgan fingerprint density at radius 1 is 1.69 bits per heavy atom. The number of rotatable bonds is 2. The van der Waals surface area contributed by atoms with Gasteiger partial charge in [0.2, 0.25) is 0 Å². The molecule has 6 heteroatoms. The van der Waals surface area contributed by atoms with Gasteiger partial charge in [-0.25, -0.2) is 9.48 Å². The van der Waals surface area contributed by atoms with Crippen molar-refractivity contribution >= 4 is 34.3 Å². The van der Waals surface area contributed by atoms with Crippen molar-refractivity contribution in [2.24, 2.45) is 0 Å². The highest BCUT2D eigenvalue weighted by Crippen LogP contribution is 2.16. The van der Waals surface area contributed by atoms with Gasteiger partial charge in [0, 0.05) is 12.4 Å². The maximum Gasteiger partial charge on any atom is 0.341 e. The fourth-order valence-corrected chi connectivity index (χ4v) is 1.48. The Balaban J connectivity index is 2.62. The lowest BCUT2D eigenvalue weighted by molar-refractivity contribution is -0.131. The van der Waals surface area contributed by atoms with E-state index in [0.717, 1.165) is 11.8 Å². The second-order valence-electron chi connectivity index (χ2n) is 2.05. The van der Waals surface area contributed by atoms with Crippen LogP contribution in [0.3, 0.4) is 0 Å². The molecule has 1 rings (SSSR count). The summed E-state index contributed by atoms with van der Waals surface area (Å²) in [6.45, 7) is 3.34. The predicted octanol–water partition coefficient (Wildman–Crippen LogP) is 1.35. The Labute approximate surface area is 84.2 Å². The topological polar surface area (TPSA) is 55.1 Å². The van der Waals surface area contributed by atoms with E-state index in [1.807, 2.05) is 0 Å². The average molecular weight is 214 g/mol. The van der Waals surface area contributed by atoms with Gasteiger partial charge in [0.25, 0.3) is 0 Å². The van der Waals surface area contributed by atoms with Crippen molar-refractivity contribution in [1.82, 2.24) is 9.78 Å². The molecule has 0 atom stereocenters. The van der Waals surface area contributed by atoms with Crippen molar-refractivity contribution < 1.29 is 9.90 Å². The fraction of sp³-hybridized carbons (Fsp3) is 0. The lowest BCUT2D eigenvalue weighted by Gasteiger charge is -2.01. The molecule has 0 aliphatic carbocycles. The van der Waals surface area contributed by atoms with Crippen molar-refractivity contribution in [1.29, 1.82) is 0 Å². The third-order valence-corrected chi connectivity index (χ3v) is 2.36. The first kappa shape index (κ1) is 9.94. The summed E-state index contributed by atoms with van der Waals surface area (Å²) in [7, 11) is 0. The first-order valence-corrected chi connectivity index (χ1v) is 4.48. The summed E-state index contributed by atoms with van der Waals surface area (Å²) in [4.78, 5) is 10.4. The van der Waals surface area contributed by atoms with Crippen molar-refractivity contribution in [2.75, 3.05) is 0 Å². The first-order valence-electron chi connectivity index (χ1n) is 3.25. The standard InChI is InChI=1S/C7H6N2O2S2/c1-5(6(10)11)13-7(12)9-4-2-3-8-9/h2-4H,1H2,(H,10,11). The number of aromatic nitrogens is 2. The molecule has 0 saturated carbocycles. The maximum atomic E-state index is 10.4. The molecule has 0 fully saturated rings. The smallest absolute Gasteiger partial charge is 0.341 e. The summed E-state index contributed by atoms with van der Waals surface area (Å²) >= 11 is 5.81. The molecule has 1 heterocycles. The monoisotopic (exact) mass is 214 g/mol. The van der Waals surface area contributed by atoms with E-state index < -0.39 is 5.97 Å². The Bertz CT molecular complexity index is 345. The summed E-state index contributed by atoms with van der Waals surface area (Å²) in [5.41, 5.74) is 0. The predicted molar refractivity (Wildman–Crippen MR) is 54.6 cm³/mol. The zero-order valence-electron chi connectivity index (χ0n) is 6.51. The zero-order valence-corrected chi connectivity index (χ0v) is 8.14. The Morgan fingerprint density at radius 2 is 2.38 bits per heavy atom. The van der Waals surface area contributed by atoms with Gasteiger partial charge in [0.15, 0.2) is 4.32 Å². The molecule has 13 heavy (non-hydrogen) atoms. The highest BCUT2D eigenvalue weighted by Gasteiger charge is 2.09. The third-order valence-electron chi connectivity index (χ3n) is 1.14. The largest absolute Gasteiger partial charge is 0.477 e. The number of carboxylic acid groups (broad SMARTS) is 1. The molecule has 0 bridgehead atoms. The number of thioether (sulfide) groups is 1. The van der Waals surface area contributed by atoms with Crippen molar-refractivity contribution in [2.45, 2.75) is 0 Å². The molecular weight excluding hydrogens is 208 g/mol. The molecule has 0 unspecified atom stereocenters. The van der Waals surface area contributed by atoms with Gasteiger partial charge in [-0.05, 0) is 6.07 Å². The van der Waals surface area contributed by atoms with E-state index in [4.69, 9.17) is 17.3 Å². The number of hydrogen-bond acceptors (Lipinski definition) is 4. The van der Waals surface area contributed by atoms with Gasteiger partial charge in [0.1, 0.15) is 0 Å². The van der Waals surface area contributed by atoms with E-state index in [9.17, 15) is 4.79 Å². The average Bonchev–Trinajstić information content (AvgIpc) is 2.55. The minimum atomic E-state index is -1.07. The summed E-state index contributed by atoms with van der Waals surface area (Å²) in [6, 6.07) is 1.70. The minimum Gasteiger partial charge on any atom is -0.477 e. The van der Waals surface area contributed by atoms with Crippen molar-refractivity contribution in [3.8, 4) is 0 Å². The van der Waals surface area contributed by atoms with Gasteiger partial charge in [-0.1, -0.05) is 30.6 Å². The second kappa shape index (κ2) is 4.20. The Hall–Kier alpha value is -1.14. The van der Waals surface area contributed by atoms with Crippen LogP contribution >= 0.6 is 24.0 Å². The molecule has 1 aromatic heterocycles. The van der Waals surface area contributed by atoms with Crippen LogP contribution in [0.25, 0.3) is 0 Å². The van der Waals surface area contributed by atoms with E-state index in [0.29, 0.717) is 4.32 Å².